The van der Waals surface area contributed by atoms with E-state index < -0.39 is 11.0 Å². The molecular weight excluding hydrogens is 162 g/mol. The Kier molecular flexibility index (Phi) is 2.84. The van der Waals surface area contributed by atoms with Crippen LogP contribution in [0.2, 0.25) is 0 Å². The lowest BCUT2D eigenvalue weighted by atomic mass is 10.5. The Morgan fingerprint density at radius 2 is 2.18 bits per heavy atom. The standard InChI is InChI=1S/C7H11NO2S/c1-7(2)10-8-5-3-4-6-11(8)9/h3-7H,1-2H3. The van der Waals surface area contributed by atoms with Gasteiger partial charge in [0.25, 0.3) is 0 Å². The normalized spacial score (nSPS) is 23.2. The van der Waals surface area contributed by atoms with E-state index in [1.165, 1.54) is 4.47 Å². The summed E-state index contributed by atoms with van der Waals surface area (Å²) in [5.74, 6) is 0. The van der Waals surface area contributed by atoms with Crippen molar-refractivity contribution in [1.82, 2.24) is 4.47 Å². The maximum Gasteiger partial charge on any atom is 0.169 e. The predicted molar refractivity (Wildman–Crippen MR) is 44.5 cm³/mol. The molecule has 4 heteroatoms. The Bertz CT molecular complexity index is 210. The first-order chi connectivity index (χ1) is 5.20. The summed E-state index contributed by atoms with van der Waals surface area (Å²) in [5.41, 5.74) is 0. The second-order valence-electron chi connectivity index (χ2n) is 2.39. The van der Waals surface area contributed by atoms with E-state index in [2.05, 4.69) is 0 Å². The fourth-order valence-electron chi connectivity index (χ4n) is 0.638. The Morgan fingerprint density at radius 1 is 1.45 bits per heavy atom. The quantitative estimate of drug-likeness (QED) is 0.630. The molecule has 0 fully saturated rings. The van der Waals surface area contributed by atoms with Gasteiger partial charge in [0, 0.05) is 11.6 Å². The monoisotopic (exact) mass is 173 g/mol. The number of hydrogen-bond donors (Lipinski definition) is 0. The molecule has 1 atom stereocenters. The summed E-state index contributed by atoms with van der Waals surface area (Å²) in [5, 5.41) is 1.57. The van der Waals surface area contributed by atoms with Crippen molar-refractivity contribution in [3.05, 3.63) is 23.8 Å². The predicted octanol–water partition coefficient (Wildman–Crippen LogP) is 1.33. The molecule has 1 unspecified atom stereocenters. The zero-order valence-corrected chi connectivity index (χ0v) is 7.38. The number of rotatable bonds is 2. The van der Waals surface area contributed by atoms with Crippen LogP contribution in [0.3, 0.4) is 0 Å². The molecule has 0 aromatic carbocycles. The Labute approximate surface area is 68.9 Å². The number of hydrogen-bond acceptors (Lipinski definition) is 2. The number of hydroxylamine groups is 1. The van der Waals surface area contributed by atoms with E-state index in [0.717, 1.165) is 0 Å². The smallest absolute Gasteiger partial charge is 0.169 e. The summed E-state index contributed by atoms with van der Waals surface area (Å²) in [4.78, 5) is 5.20. The van der Waals surface area contributed by atoms with Gasteiger partial charge < -0.3 is 0 Å². The fourth-order valence-corrected chi connectivity index (χ4v) is 1.43. The van der Waals surface area contributed by atoms with E-state index in [1.54, 1.807) is 23.8 Å². The molecular formula is C7H11NO2S. The van der Waals surface area contributed by atoms with E-state index in [9.17, 15) is 4.21 Å². The summed E-state index contributed by atoms with van der Waals surface area (Å²) in [6, 6.07) is 0. The third-order valence-corrected chi connectivity index (χ3v) is 1.96. The molecule has 0 aromatic rings. The van der Waals surface area contributed by atoms with Gasteiger partial charge in [0.1, 0.15) is 0 Å². The van der Waals surface area contributed by atoms with Crippen LogP contribution >= 0.6 is 0 Å². The summed E-state index contributed by atoms with van der Waals surface area (Å²) in [6.07, 6.45) is 5.21. The average molecular weight is 173 g/mol. The van der Waals surface area contributed by atoms with Gasteiger partial charge in [-0.2, -0.15) is 4.47 Å². The van der Waals surface area contributed by atoms with Gasteiger partial charge in [0.2, 0.25) is 0 Å². The molecule has 0 bridgehead atoms. The summed E-state index contributed by atoms with van der Waals surface area (Å²) in [7, 11) is -1.15. The summed E-state index contributed by atoms with van der Waals surface area (Å²) in [6.45, 7) is 3.78. The maximum absolute atomic E-state index is 11.1. The van der Waals surface area contributed by atoms with Crippen LogP contribution in [-0.4, -0.2) is 14.8 Å². The first-order valence-electron chi connectivity index (χ1n) is 3.42. The third kappa shape index (κ3) is 2.48. The molecule has 0 aromatic heterocycles. The van der Waals surface area contributed by atoms with E-state index in [1.807, 2.05) is 13.8 Å². The maximum atomic E-state index is 11.1. The van der Waals surface area contributed by atoms with Crippen molar-refractivity contribution in [3.8, 4) is 0 Å². The molecule has 0 spiro atoms. The molecule has 0 aliphatic carbocycles. The van der Waals surface area contributed by atoms with Gasteiger partial charge >= 0.3 is 0 Å². The molecule has 3 nitrogen and oxygen atoms in total. The fraction of sp³-hybridized carbons (Fsp3) is 0.429. The number of allylic oxidation sites excluding steroid dienone is 2. The first kappa shape index (κ1) is 8.49. The highest BCUT2D eigenvalue weighted by atomic mass is 32.2. The Morgan fingerprint density at radius 3 is 2.73 bits per heavy atom. The van der Waals surface area contributed by atoms with Gasteiger partial charge in [-0.15, -0.1) is 0 Å². The topological polar surface area (TPSA) is 29.5 Å². The first-order valence-corrected chi connectivity index (χ1v) is 4.59. The van der Waals surface area contributed by atoms with Crippen molar-refractivity contribution in [1.29, 1.82) is 0 Å². The van der Waals surface area contributed by atoms with Crippen molar-refractivity contribution in [2.75, 3.05) is 0 Å². The van der Waals surface area contributed by atoms with E-state index in [0.29, 0.717) is 0 Å². The zero-order chi connectivity index (χ0) is 8.27. The second kappa shape index (κ2) is 3.69. The Balaban J connectivity index is 2.52. The molecule has 11 heavy (non-hydrogen) atoms. The van der Waals surface area contributed by atoms with Gasteiger partial charge in [-0.3, -0.25) is 4.84 Å². The van der Waals surface area contributed by atoms with Crippen LogP contribution in [0.4, 0.5) is 0 Å². The molecule has 0 amide bonds. The van der Waals surface area contributed by atoms with E-state index in [4.69, 9.17) is 4.84 Å². The molecule has 1 aliphatic rings. The lowest BCUT2D eigenvalue weighted by molar-refractivity contribution is -0.0813. The minimum atomic E-state index is -1.15. The highest BCUT2D eigenvalue weighted by Crippen LogP contribution is 2.07. The highest BCUT2D eigenvalue weighted by molar-refractivity contribution is 7.85. The van der Waals surface area contributed by atoms with Crippen molar-refractivity contribution in [2.24, 2.45) is 0 Å². The van der Waals surface area contributed by atoms with Crippen LogP contribution in [0.15, 0.2) is 23.8 Å². The second-order valence-corrected chi connectivity index (χ2v) is 3.57. The van der Waals surface area contributed by atoms with Gasteiger partial charge in [0.05, 0.1) is 6.10 Å². The van der Waals surface area contributed by atoms with Crippen LogP contribution in [0.5, 0.6) is 0 Å². The van der Waals surface area contributed by atoms with Gasteiger partial charge in [-0.1, -0.05) is 0 Å². The van der Waals surface area contributed by atoms with Crippen molar-refractivity contribution in [2.45, 2.75) is 20.0 Å². The molecule has 0 radical (unpaired) electrons. The van der Waals surface area contributed by atoms with Gasteiger partial charge in [0.15, 0.2) is 11.0 Å². The lowest BCUT2D eigenvalue weighted by Gasteiger charge is -2.20. The molecule has 0 saturated heterocycles. The number of nitrogens with zero attached hydrogens (tertiary/aromatic N) is 1. The molecule has 1 rings (SSSR count). The molecule has 1 heterocycles. The van der Waals surface area contributed by atoms with Gasteiger partial charge in [-0.05, 0) is 26.0 Å². The van der Waals surface area contributed by atoms with Crippen LogP contribution in [-0.2, 0) is 15.8 Å². The Hall–Kier alpha value is -0.610. The lowest BCUT2D eigenvalue weighted by Crippen LogP contribution is -2.24. The minimum absolute atomic E-state index is 0.0510. The van der Waals surface area contributed by atoms with Crippen molar-refractivity contribution >= 4 is 11.0 Å². The molecule has 1 aliphatic heterocycles. The highest BCUT2D eigenvalue weighted by Gasteiger charge is 2.09. The molecule has 0 N–H and O–H groups in total. The summed E-state index contributed by atoms with van der Waals surface area (Å²) >= 11 is 0. The van der Waals surface area contributed by atoms with Crippen molar-refractivity contribution < 1.29 is 9.05 Å². The van der Waals surface area contributed by atoms with Crippen LogP contribution in [0.25, 0.3) is 0 Å². The average Bonchev–Trinajstić information content (AvgIpc) is 1.93. The molecule has 62 valence electrons. The van der Waals surface area contributed by atoms with Gasteiger partial charge in [-0.25, -0.2) is 4.21 Å². The van der Waals surface area contributed by atoms with E-state index >= 15 is 0 Å². The van der Waals surface area contributed by atoms with Crippen LogP contribution in [0.1, 0.15) is 13.8 Å². The third-order valence-electron chi connectivity index (χ3n) is 1.01. The SMILES string of the molecule is CC(C)ON1C=CC=CS1=O. The van der Waals surface area contributed by atoms with Crippen LogP contribution < -0.4 is 0 Å². The molecule has 0 saturated carbocycles. The van der Waals surface area contributed by atoms with E-state index in [-0.39, 0.29) is 6.10 Å². The van der Waals surface area contributed by atoms with Crippen molar-refractivity contribution in [3.63, 3.8) is 0 Å². The largest absolute Gasteiger partial charge is 0.258 e. The van der Waals surface area contributed by atoms with Crippen LogP contribution in [0, 0.1) is 0 Å². The summed E-state index contributed by atoms with van der Waals surface area (Å²) < 4.78 is 12.4. The minimum Gasteiger partial charge on any atom is -0.258 e. The zero-order valence-electron chi connectivity index (χ0n) is 6.56.